The molecule has 13 heavy (non-hydrogen) atoms. The van der Waals surface area contributed by atoms with Crippen LogP contribution in [0.5, 0.6) is 0 Å². The summed E-state index contributed by atoms with van der Waals surface area (Å²) in [7, 11) is -3.10. The van der Waals surface area contributed by atoms with Crippen LogP contribution < -0.4 is 4.72 Å². The van der Waals surface area contributed by atoms with Crippen molar-refractivity contribution in [2.45, 2.75) is 13.5 Å². The molecule has 0 fully saturated rings. The zero-order valence-electron chi connectivity index (χ0n) is 7.40. The van der Waals surface area contributed by atoms with Gasteiger partial charge in [0.1, 0.15) is 0 Å². The van der Waals surface area contributed by atoms with E-state index in [1.165, 1.54) is 0 Å². The highest BCUT2D eigenvalue weighted by molar-refractivity contribution is 7.89. The minimum atomic E-state index is -3.10. The summed E-state index contributed by atoms with van der Waals surface area (Å²) < 4.78 is 24.5. The van der Waals surface area contributed by atoms with E-state index in [0.717, 1.165) is 5.56 Å². The van der Waals surface area contributed by atoms with Gasteiger partial charge in [0.05, 0.1) is 5.75 Å². The van der Waals surface area contributed by atoms with Gasteiger partial charge in [0.15, 0.2) is 0 Å². The zero-order valence-corrected chi connectivity index (χ0v) is 8.21. The number of nitrogens with zero attached hydrogens (tertiary/aromatic N) is 1. The molecule has 0 aromatic carbocycles. The lowest BCUT2D eigenvalue weighted by Gasteiger charge is -2.02. The first-order chi connectivity index (χ1) is 6.14. The number of nitrogens with one attached hydrogen (secondary N) is 1. The van der Waals surface area contributed by atoms with Gasteiger partial charge >= 0.3 is 0 Å². The average Bonchev–Trinajstić information content (AvgIpc) is 2.17. The molecule has 0 bridgehead atoms. The molecule has 0 aliphatic carbocycles. The number of aromatic nitrogens is 1. The summed E-state index contributed by atoms with van der Waals surface area (Å²) in [6.45, 7) is 1.91. The van der Waals surface area contributed by atoms with Crippen LogP contribution in [0, 0.1) is 0 Å². The molecule has 1 aromatic heterocycles. The quantitative estimate of drug-likeness (QED) is 0.771. The van der Waals surface area contributed by atoms with Crippen molar-refractivity contribution in [2.24, 2.45) is 0 Å². The van der Waals surface area contributed by atoms with Crippen molar-refractivity contribution in [3.05, 3.63) is 30.1 Å². The number of rotatable bonds is 4. The molecule has 1 rings (SSSR count). The van der Waals surface area contributed by atoms with E-state index in [1.54, 1.807) is 25.4 Å². The predicted molar refractivity (Wildman–Crippen MR) is 50.5 cm³/mol. The third-order valence-corrected chi connectivity index (χ3v) is 2.94. The Labute approximate surface area is 78.1 Å². The Morgan fingerprint density at radius 1 is 1.54 bits per heavy atom. The van der Waals surface area contributed by atoms with Crippen molar-refractivity contribution < 1.29 is 8.42 Å². The van der Waals surface area contributed by atoms with Gasteiger partial charge in [0, 0.05) is 18.9 Å². The molecule has 0 saturated heterocycles. The van der Waals surface area contributed by atoms with Crippen molar-refractivity contribution >= 4 is 10.0 Å². The Morgan fingerprint density at radius 2 is 2.31 bits per heavy atom. The highest BCUT2D eigenvalue weighted by Gasteiger charge is 2.04. The molecule has 72 valence electrons. The van der Waals surface area contributed by atoms with Gasteiger partial charge in [-0.25, -0.2) is 13.1 Å². The average molecular weight is 200 g/mol. The molecular formula is C8H12N2O2S. The Kier molecular flexibility index (Phi) is 3.39. The van der Waals surface area contributed by atoms with Crippen LogP contribution in [0.4, 0.5) is 0 Å². The lowest BCUT2D eigenvalue weighted by Crippen LogP contribution is -2.24. The second kappa shape index (κ2) is 4.34. The van der Waals surface area contributed by atoms with Gasteiger partial charge < -0.3 is 0 Å². The van der Waals surface area contributed by atoms with Gasteiger partial charge in [-0.2, -0.15) is 0 Å². The number of sulfonamides is 1. The molecule has 0 saturated carbocycles. The van der Waals surface area contributed by atoms with Crippen molar-refractivity contribution in [1.29, 1.82) is 0 Å². The summed E-state index contributed by atoms with van der Waals surface area (Å²) >= 11 is 0. The smallest absolute Gasteiger partial charge is 0.211 e. The summed E-state index contributed by atoms with van der Waals surface area (Å²) in [5.74, 6) is 0.104. The second-order valence-electron chi connectivity index (χ2n) is 2.59. The monoisotopic (exact) mass is 200 g/mol. The van der Waals surface area contributed by atoms with E-state index in [1.807, 2.05) is 6.07 Å². The summed E-state index contributed by atoms with van der Waals surface area (Å²) in [5, 5.41) is 0. The van der Waals surface area contributed by atoms with Crippen LogP contribution in [-0.2, 0) is 16.6 Å². The zero-order chi connectivity index (χ0) is 9.73. The summed E-state index contributed by atoms with van der Waals surface area (Å²) in [6.07, 6.45) is 3.29. The summed E-state index contributed by atoms with van der Waals surface area (Å²) in [5.41, 5.74) is 0.861. The van der Waals surface area contributed by atoms with Crippen LogP contribution in [0.25, 0.3) is 0 Å². The molecule has 0 aliphatic heterocycles. The van der Waals surface area contributed by atoms with Crippen LogP contribution in [0.1, 0.15) is 12.5 Å². The van der Waals surface area contributed by atoms with Crippen LogP contribution in [0.15, 0.2) is 24.5 Å². The summed E-state index contributed by atoms with van der Waals surface area (Å²) in [4.78, 5) is 3.88. The third-order valence-electron chi connectivity index (χ3n) is 1.60. The first-order valence-electron chi connectivity index (χ1n) is 4.00. The molecule has 0 radical (unpaired) electrons. The van der Waals surface area contributed by atoms with Gasteiger partial charge in [-0.1, -0.05) is 6.07 Å². The van der Waals surface area contributed by atoms with E-state index in [0.29, 0.717) is 6.54 Å². The number of hydrogen-bond acceptors (Lipinski definition) is 3. The van der Waals surface area contributed by atoms with Crippen molar-refractivity contribution in [1.82, 2.24) is 9.71 Å². The van der Waals surface area contributed by atoms with Gasteiger partial charge in [-0.15, -0.1) is 0 Å². The highest BCUT2D eigenvalue weighted by Crippen LogP contribution is 1.95. The molecule has 0 amide bonds. The number of hydrogen-bond donors (Lipinski definition) is 1. The third kappa shape index (κ3) is 3.52. The minimum absolute atomic E-state index is 0.104. The van der Waals surface area contributed by atoms with E-state index in [9.17, 15) is 8.42 Å². The lowest BCUT2D eigenvalue weighted by atomic mass is 10.3. The van der Waals surface area contributed by atoms with Gasteiger partial charge in [-0.05, 0) is 18.6 Å². The SMILES string of the molecule is CCS(=O)(=O)NCc1cccnc1. The first-order valence-corrected chi connectivity index (χ1v) is 5.65. The normalized spacial score (nSPS) is 11.5. The van der Waals surface area contributed by atoms with E-state index in [4.69, 9.17) is 0 Å². The molecule has 1 N–H and O–H groups in total. The molecule has 1 aromatic rings. The van der Waals surface area contributed by atoms with Gasteiger partial charge in [-0.3, -0.25) is 4.98 Å². The largest absolute Gasteiger partial charge is 0.264 e. The fraction of sp³-hybridized carbons (Fsp3) is 0.375. The molecule has 1 heterocycles. The highest BCUT2D eigenvalue weighted by atomic mass is 32.2. The molecule has 0 unspecified atom stereocenters. The Morgan fingerprint density at radius 3 is 2.85 bits per heavy atom. The van der Waals surface area contributed by atoms with E-state index in [-0.39, 0.29) is 5.75 Å². The molecule has 5 heteroatoms. The van der Waals surface area contributed by atoms with E-state index >= 15 is 0 Å². The standard InChI is InChI=1S/C8H12N2O2S/c1-2-13(11,12)10-7-8-4-3-5-9-6-8/h3-6,10H,2,7H2,1H3. The molecular weight excluding hydrogens is 188 g/mol. The number of pyridine rings is 1. The predicted octanol–water partition coefficient (Wildman–Crippen LogP) is 0.521. The van der Waals surface area contributed by atoms with Gasteiger partial charge in [0.25, 0.3) is 0 Å². The fourth-order valence-corrected chi connectivity index (χ4v) is 1.39. The Balaban J connectivity index is 2.54. The topological polar surface area (TPSA) is 59.1 Å². The van der Waals surface area contributed by atoms with E-state index in [2.05, 4.69) is 9.71 Å². The first kappa shape index (κ1) is 10.1. The fourth-order valence-electron chi connectivity index (χ4n) is 0.798. The molecule has 0 aliphatic rings. The van der Waals surface area contributed by atoms with Crippen LogP contribution in [-0.4, -0.2) is 19.2 Å². The Hall–Kier alpha value is -0.940. The van der Waals surface area contributed by atoms with Crippen molar-refractivity contribution in [2.75, 3.05) is 5.75 Å². The Bertz CT molecular complexity index is 348. The van der Waals surface area contributed by atoms with Crippen molar-refractivity contribution in [3.63, 3.8) is 0 Å². The van der Waals surface area contributed by atoms with Gasteiger partial charge in [0.2, 0.25) is 10.0 Å². The van der Waals surface area contributed by atoms with Crippen LogP contribution in [0.3, 0.4) is 0 Å². The minimum Gasteiger partial charge on any atom is -0.264 e. The maximum atomic E-state index is 11.0. The maximum Gasteiger partial charge on any atom is 0.211 e. The molecule has 4 nitrogen and oxygen atoms in total. The molecule has 0 spiro atoms. The lowest BCUT2D eigenvalue weighted by molar-refractivity contribution is 0.582. The molecule has 0 atom stereocenters. The van der Waals surface area contributed by atoms with Crippen LogP contribution in [0.2, 0.25) is 0 Å². The van der Waals surface area contributed by atoms with Crippen LogP contribution >= 0.6 is 0 Å². The maximum absolute atomic E-state index is 11.0. The van der Waals surface area contributed by atoms with E-state index < -0.39 is 10.0 Å². The van der Waals surface area contributed by atoms with Crippen molar-refractivity contribution in [3.8, 4) is 0 Å². The summed E-state index contributed by atoms with van der Waals surface area (Å²) in [6, 6.07) is 3.60. The second-order valence-corrected chi connectivity index (χ2v) is 4.68.